The zero-order valence-corrected chi connectivity index (χ0v) is 43.5. The van der Waals surface area contributed by atoms with Crippen LogP contribution < -0.4 is 5.32 Å². The van der Waals surface area contributed by atoms with Gasteiger partial charge in [-0.1, -0.05) is 276 Å². The fourth-order valence-electron chi connectivity index (χ4n) is 9.51. The number of amides is 1. The quantitative estimate of drug-likeness (QED) is 0.0261. The van der Waals surface area contributed by atoms with Crippen LogP contribution in [0.2, 0.25) is 0 Å². The van der Waals surface area contributed by atoms with E-state index in [4.69, 9.17) is 9.47 Å². The van der Waals surface area contributed by atoms with Crippen molar-refractivity contribution in [2.24, 2.45) is 0 Å². The van der Waals surface area contributed by atoms with E-state index in [1.165, 1.54) is 231 Å². The molecule has 0 aliphatic carbocycles. The second-order valence-corrected chi connectivity index (χ2v) is 20.5. The molecule has 1 saturated heterocycles. The van der Waals surface area contributed by atoms with E-state index in [1.54, 1.807) is 6.08 Å². The normalized spacial score (nSPS) is 19.8. The van der Waals surface area contributed by atoms with E-state index in [0.29, 0.717) is 6.42 Å². The Kier molecular flexibility index (Phi) is 45.4. The average Bonchev–Trinajstić information content (AvgIpc) is 3.32. The van der Waals surface area contributed by atoms with Gasteiger partial charge in [0.1, 0.15) is 24.4 Å². The van der Waals surface area contributed by atoms with E-state index in [9.17, 15) is 30.3 Å². The monoisotopic (exact) mass is 938 g/mol. The number of hydrogen-bond acceptors (Lipinski definition) is 8. The van der Waals surface area contributed by atoms with E-state index in [2.05, 4.69) is 19.2 Å². The third-order valence-electron chi connectivity index (χ3n) is 14.1. The van der Waals surface area contributed by atoms with Gasteiger partial charge < -0.3 is 40.3 Å². The summed E-state index contributed by atoms with van der Waals surface area (Å²) < 4.78 is 11.3. The fourth-order valence-corrected chi connectivity index (χ4v) is 9.51. The predicted octanol–water partition coefficient (Wildman–Crippen LogP) is 14.0. The SMILES string of the molecule is CCCCCCCCCCCCCCCCCCCCCCCCCCCC/C=C/C(O)C(COC1OC(CO)C(O)C(O)C1O)NC(=O)CCCCCCCCCCCCCCCCC. The van der Waals surface area contributed by atoms with Crippen LogP contribution in [0.25, 0.3) is 0 Å². The van der Waals surface area contributed by atoms with Gasteiger partial charge in [-0.3, -0.25) is 4.79 Å². The topological polar surface area (TPSA) is 149 Å². The van der Waals surface area contributed by atoms with Gasteiger partial charge in [0.05, 0.1) is 25.4 Å². The lowest BCUT2D eigenvalue weighted by Gasteiger charge is -2.40. The van der Waals surface area contributed by atoms with Crippen LogP contribution in [0.4, 0.5) is 0 Å². The smallest absolute Gasteiger partial charge is 0.220 e. The molecule has 0 saturated carbocycles. The van der Waals surface area contributed by atoms with Crippen LogP contribution in [-0.2, 0) is 14.3 Å². The third-order valence-corrected chi connectivity index (χ3v) is 14.1. The van der Waals surface area contributed by atoms with Gasteiger partial charge in [-0.15, -0.1) is 0 Å². The second kappa shape index (κ2) is 47.6. The Morgan fingerprint density at radius 3 is 1.18 bits per heavy atom. The average molecular weight is 939 g/mol. The summed E-state index contributed by atoms with van der Waals surface area (Å²) >= 11 is 0. The summed E-state index contributed by atoms with van der Waals surface area (Å²) in [4.78, 5) is 13.0. The van der Waals surface area contributed by atoms with Gasteiger partial charge in [0, 0.05) is 6.42 Å². The van der Waals surface area contributed by atoms with Crippen molar-refractivity contribution in [2.75, 3.05) is 13.2 Å². The highest BCUT2D eigenvalue weighted by Crippen LogP contribution is 2.23. The van der Waals surface area contributed by atoms with Crippen LogP contribution in [0, 0.1) is 0 Å². The van der Waals surface area contributed by atoms with Crippen molar-refractivity contribution in [1.29, 1.82) is 0 Å². The Labute approximate surface area is 407 Å². The van der Waals surface area contributed by atoms with E-state index in [1.807, 2.05) is 6.08 Å². The highest BCUT2D eigenvalue weighted by Gasteiger charge is 2.44. The zero-order valence-electron chi connectivity index (χ0n) is 43.5. The maximum Gasteiger partial charge on any atom is 0.220 e. The van der Waals surface area contributed by atoms with Crippen molar-refractivity contribution in [3.05, 3.63) is 12.2 Å². The molecular formula is C57H111NO8. The number of aliphatic hydroxyl groups is 5. The minimum absolute atomic E-state index is 0.171. The summed E-state index contributed by atoms with van der Waals surface area (Å²) in [5.41, 5.74) is 0. The molecule has 1 fully saturated rings. The molecule has 0 aromatic carbocycles. The lowest BCUT2D eigenvalue weighted by molar-refractivity contribution is -0.302. The summed E-state index contributed by atoms with van der Waals surface area (Å²) in [5.74, 6) is -0.171. The van der Waals surface area contributed by atoms with Gasteiger partial charge in [0.15, 0.2) is 6.29 Å². The van der Waals surface area contributed by atoms with Gasteiger partial charge in [-0.25, -0.2) is 0 Å². The van der Waals surface area contributed by atoms with Crippen molar-refractivity contribution in [1.82, 2.24) is 5.32 Å². The summed E-state index contributed by atoms with van der Waals surface area (Å²) in [6.07, 6.45) is 51.4. The third kappa shape index (κ3) is 36.9. The lowest BCUT2D eigenvalue weighted by atomic mass is 9.99. The minimum Gasteiger partial charge on any atom is -0.394 e. The van der Waals surface area contributed by atoms with Crippen molar-refractivity contribution >= 4 is 5.91 Å². The number of unbranched alkanes of at least 4 members (excludes halogenated alkanes) is 40. The molecule has 9 nitrogen and oxygen atoms in total. The Balaban J connectivity index is 2.18. The minimum atomic E-state index is -1.56. The van der Waals surface area contributed by atoms with Crippen molar-refractivity contribution < 1.29 is 39.8 Å². The summed E-state index contributed by atoms with van der Waals surface area (Å²) in [6.45, 7) is 3.81. The fraction of sp³-hybridized carbons (Fsp3) is 0.947. The number of carbonyl (C=O) groups is 1. The van der Waals surface area contributed by atoms with Gasteiger partial charge in [-0.05, 0) is 19.3 Å². The first kappa shape index (κ1) is 62.9. The standard InChI is InChI=1S/C57H111NO8/c1-3-5-7-9-11-13-15-17-19-20-21-22-23-24-25-26-27-28-29-30-31-33-34-36-38-40-42-44-46-51(60)50(49-65-57-56(64)55(63)54(62)52(48-59)66-57)58-53(61)47-45-43-41-39-37-35-32-18-16-14-12-10-8-6-4-2/h44,46,50-52,54-57,59-60,62-64H,3-43,45,47-49H2,1-2H3,(H,58,61)/b46-44+. The molecule has 0 spiro atoms. The predicted molar refractivity (Wildman–Crippen MR) is 277 cm³/mol. The van der Waals surface area contributed by atoms with Gasteiger partial charge in [0.2, 0.25) is 5.91 Å². The van der Waals surface area contributed by atoms with Crippen molar-refractivity contribution in [2.45, 2.75) is 333 Å². The first-order valence-electron chi connectivity index (χ1n) is 28.9. The number of rotatable bonds is 50. The lowest BCUT2D eigenvalue weighted by Crippen LogP contribution is -2.60. The van der Waals surface area contributed by atoms with Crippen molar-refractivity contribution in [3.63, 3.8) is 0 Å². The Hall–Kier alpha value is -1.07. The molecule has 1 heterocycles. The van der Waals surface area contributed by atoms with E-state index >= 15 is 0 Å². The molecule has 0 aromatic heterocycles. The van der Waals surface area contributed by atoms with E-state index in [0.717, 1.165) is 38.5 Å². The first-order chi connectivity index (χ1) is 32.3. The van der Waals surface area contributed by atoms with Crippen LogP contribution in [0.5, 0.6) is 0 Å². The summed E-state index contributed by atoms with van der Waals surface area (Å²) in [5, 5.41) is 54.5. The highest BCUT2D eigenvalue weighted by atomic mass is 16.7. The molecule has 0 aromatic rings. The molecule has 1 rings (SSSR count). The largest absolute Gasteiger partial charge is 0.394 e. The van der Waals surface area contributed by atoms with Crippen LogP contribution >= 0.6 is 0 Å². The molecule has 6 N–H and O–H groups in total. The molecule has 66 heavy (non-hydrogen) atoms. The number of aliphatic hydroxyl groups excluding tert-OH is 5. The highest BCUT2D eigenvalue weighted by molar-refractivity contribution is 5.76. The zero-order chi connectivity index (χ0) is 48.0. The van der Waals surface area contributed by atoms with Crippen LogP contribution in [0.3, 0.4) is 0 Å². The molecule has 0 radical (unpaired) electrons. The Morgan fingerprint density at radius 1 is 0.500 bits per heavy atom. The van der Waals surface area contributed by atoms with E-state index < -0.39 is 49.5 Å². The van der Waals surface area contributed by atoms with Gasteiger partial charge >= 0.3 is 0 Å². The van der Waals surface area contributed by atoms with Gasteiger partial charge in [-0.2, -0.15) is 0 Å². The molecule has 9 heteroatoms. The molecule has 7 unspecified atom stereocenters. The molecule has 1 amide bonds. The maximum absolute atomic E-state index is 13.0. The van der Waals surface area contributed by atoms with Gasteiger partial charge in [0.25, 0.3) is 0 Å². The Bertz CT molecular complexity index is 1040. The first-order valence-corrected chi connectivity index (χ1v) is 28.9. The molecule has 0 bridgehead atoms. The molecular weight excluding hydrogens is 827 g/mol. The molecule has 7 atom stereocenters. The molecule has 392 valence electrons. The number of allylic oxidation sites excluding steroid dienone is 1. The van der Waals surface area contributed by atoms with Crippen LogP contribution in [-0.4, -0.2) is 87.5 Å². The second-order valence-electron chi connectivity index (χ2n) is 20.5. The maximum atomic E-state index is 13.0. The molecule has 1 aliphatic heterocycles. The number of carbonyl (C=O) groups excluding carboxylic acids is 1. The number of ether oxygens (including phenoxy) is 2. The molecule has 1 aliphatic rings. The number of hydrogen-bond donors (Lipinski definition) is 6. The van der Waals surface area contributed by atoms with Crippen molar-refractivity contribution in [3.8, 4) is 0 Å². The Morgan fingerprint density at radius 2 is 0.833 bits per heavy atom. The van der Waals surface area contributed by atoms with Crippen LogP contribution in [0.15, 0.2) is 12.2 Å². The summed E-state index contributed by atoms with van der Waals surface area (Å²) in [6, 6.07) is -0.800. The van der Waals surface area contributed by atoms with Crippen LogP contribution in [0.1, 0.15) is 290 Å². The summed E-state index contributed by atoms with van der Waals surface area (Å²) in [7, 11) is 0. The van der Waals surface area contributed by atoms with E-state index in [-0.39, 0.29) is 12.5 Å². The number of nitrogens with one attached hydrogen (secondary N) is 1.